The highest BCUT2D eigenvalue weighted by Crippen LogP contribution is 2.47. The van der Waals surface area contributed by atoms with E-state index >= 15 is 0 Å². The number of phosphoric acid groups is 1. The topological polar surface area (TPSA) is 66.8 Å². The fourth-order valence-corrected chi connectivity index (χ4v) is 3.98. The maximum atomic E-state index is 11.2. The van der Waals surface area contributed by atoms with Crippen molar-refractivity contribution in [3.63, 3.8) is 0 Å². The molecule has 4 nitrogen and oxygen atoms in total. The molecule has 22 heavy (non-hydrogen) atoms. The predicted octanol–water partition coefficient (Wildman–Crippen LogP) is 4.84. The maximum Gasteiger partial charge on any atom is 0.470 e. The van der Waals surface area contributed by atoms with Crippen molar-refractivity contribution in [1.29, 1.82) is 0 Å². The number of allylic oxidation sites excluding steroid dienone is 2. The summed E-state index contributed by atoms with van der Waals surface area (Å²) in [5.74, 6) is 0.569. The SMILES string of the molecule is CC(CCC1=CC=CC(C)(OP(=O)(O)O)C1C)CC(C)(C)C. The molecule has 1 aliphatic rings. The van der Waals surface area contributed by atoms with Crippen molar-refractivity contribution in [2.24, 2.45) is 17.3 Å². The van der Waals surface area contributed by atoms with Crippen molar-refractivity contribution in [3.8, 4) is 0 Å². The van der Waals surface area contributed by atoms with Crippen LogP contribution in [0.15, 0.2) is 23.8 Å². The van der Waals surface area contributed by atoms with Crippen LogP contribution < -0.4 is 0 Å². The molecule has 3 atom stereocenters. The van der Waals surface area contributed by atoms with Gasteiger partial charge in [0.1, 0.15) is 5.60 Å². The molecule has 0 amide bonds. The third kappa shape index (κ3) is 6.37. The van der Waals surface area contributed by atoms with Gasteiger partial charge in [0.25, 0.3) is 0 Å². The quantitative estimate of drug-likeness (QED) is 0.684. The summed E-state index contributed by atoms with van der Waals surface area (Å²) < 4.78 is 16.2. The largest absolute Gasteiger partial charge is 0.470 e. The van der Waals surface area contributed by atoms with Crippen molar-refractivity contribution >= 4 is 7.82 Å². The van der Waals surface area contributed by atoms with Crippen LogP contribution in [-0.4, -0.2) is 15.4 Å². The van der Waals surface area contributed by atoms with Crippen LogP contribution in [0.1, 0.15) is 60.8 Å². The van der Waals surface area contributed by atoms with E-state index < -0.39 is 13.4 Å². The lowest BCUT2D eigenvalue weighted by Crippen LogP contribution is -2.36. The summed E-state index contributed by atoms with van der Waals surface area (Å²) in [5, 5.41) is 0. The van der Waals surface area contributed by atoms with Gasteiger partial charge >= 0.3 is 7.82 Å². The molecule has 1 aliphatic carbocycles. The Morgan fingerprint density at radius 2 is 2.00 bits per heavy atom. The van der Waals surface area contributed by atoms with Gasteiger partial charge in [0.2, 0.25) is 0 Å². The highest BCUT2D eigenvalue weighted by atomic mass is 31.2. The fourth-order valence-electron chi connectivity index (χ4n) is 3.25. The first-order valence-electron chi connectivity index (χ1n) is 7.97. The van der Waals surface area contributed by atoms with E-state index in [1.54, 1.807) is 13.0 Å². The predicted molar refractivity (Wildman–Crippen MR) is 90.4 cm³/mol. The van der Waals surface area contributed by atoms with Crippen LogP contribution in [0.2, 0.25) is 0 Å². The molecular weight excluding hydrogens is 299 g/mol. The Morgan fingerprint density at radius 1 is 1.41 bits per heavy atom. The van der Waals surface area contributed by atoms with Crippen molar-refractivity contribution < 1.29 is 18.9 Å². The van der Waals surface area contributed by atoms with Gasteiger partial charge in [0.05, 0.1) is 0 Å². The van der Waals surface area contributed by atoms with Crippen LogP contribution in [0.25, 0.3) is 0 Å². The molecule has 1 rings (SSSR count). The first-order valence-corrected chi connectivity index (χ1v) is 9.50. The molecule has 3 unspecified atom stereocenters. The molecule has 5 heteroatoms. The molecule has 0 aliphatic heterocycles. The molecule has 0 radical (unpaired) electrons. The van der Waals surface area contributed by atoms with Gasteiger partial charge in [0, 0.05) is 5.92 Å². The average molecular weight is 330 g/mol. The van der Waals surface area contributed by atoms with E-state index in [9.17, 15) is 4.57 Å². The van der Waals surface area contributed by atoms with Crippen molar-refractivity contribution in [1.82, 2.24) is 0 Å². The second kappa shape index (κ2) is 7.00. The van der Waals surface area contributed by atoms with Gasteiger partial charge in [-0.3, -0.25) is 4.52 Å². The van der Waals surface area contributed by atoms with Crippen LogP contribution >= 0.6 is 7.82 Å². The van der Waals surface area contributed by atoms with Crippen LogP contribution in [0.4, 0.5) is 0 Å². The summed E-state index contributed by atoms with van der Waals surface area (Å²) in [4.78, 5) is 18.2. The van der Waals surface area contributed by atoms with Gasteiger partial charge in [-0.25, -0.2) is 4.57 Å². The van der Waals surface area contributed by atoms with E-state index in [1.165, 1.54) is 12.0 Å². The van der Waals surface area contributed by atoms with E-state index in [0.717, 1.165) is 12.8 Å². The second-order valence-corrected chi connectivity index (χ2v) is 9.16. The first-order chi connectivity index (χ1) is 9.82. The molecule has 0 saturated carbocycles. The Balaban J connectivity index is 2.68. The van der Waals surface area contributed by atoms with E-state index in [4.69, 9.17) is 14.3 Å². The van der Waals surface area contributed by atoms with Crippen molar-refractivity contribution in [2.75, 3.05) is 0 Å². The molecule has 0 saturated heterocycles. The summed E-state index contributed by atoms with van der Waals surface area (Å²) >= 11 is 0. The minimum Gasteiger partial charge on any atom is -0.303 e. The zero-order valence-corrected chi connectivity index (χ0v) is 15.6. The fraction of sp³-hybridized carbons (Fsp3) is 0.765. The molecule has 0 aromatic rings. The molecule has 0 bridgehead atoms. The molecule has 0 aromatic heterocycles. The first kappa shape index (κ1) is 19.6. The lowest BCUT2D eigenvalue weighted by Gasteiger charge is -2.36. The van der Waals surface area contributed by atoms with Gasteiger partial charge < -0.3 is 9.79 Å². The summed E-state index contributed by atoms with van der Waals surface area (Å²) in [5.41, 5.74) is 0.569. The zero-order chi connectivity index (χ0) is 17.2. The molecular formula is C17H31O4P. The Hall–Kier alpha value is -0.410. The highest BCUT2D eigenvalue weighted by molar-refractivity contribution is 7.46. The van der Waals surface area contributed by atoms with E-state index in [0.29, 0.717) is 11.3 Å². The van der Waals surface area contributed by atoms with Crippen molar-refractivity contribution in [3.05, 3.63) is 23.8 Å². The van der Waals surface area contributed by atoms with Crippen LogP contribution in [0, 0.1) is 17.3 Å². The maximum absolute atomic E-state index is 11.2. The Bertz CT molecular complexity index is 483. The number of hydrogen-bond donors (Lipinski definition) is 2. The normalized spacial score (nSPS) is 27.6. The number of rotatable bonds is 6. The minimum atomic E-state index is -4.51. The Labute approximate surface area is 134 Å². The van der Waals surface area contributed by atoms with E-state index in [-0.39, 0.29) is 5.92 Å². The molecule has 0 heterocycles. The number of phosphoric ester groups is 1. The summed E-state index contributed by atoms with van der Waals surface area (Å²) in [6.45, 7) is 12.7. The third-order valence-electron chi connectivity index (χ3n) is 4.36. The smallest absolute Gasteiger partial charge is 0.303 e. The minimum absolute atomic E-state index is 0.0491. The molecule has 0 fully saturated rings. The Morgan fingerprint density at radius 3 is 2.50 bits per heavy atom. The average Bonchev–Trinajstić information content (AvgIpc) is 2.26. The van der Waals surface area contributed by atoms with Gasteiger partial charge in [-0.15, -0.1) is 0 Å². The second-order valence-electron chi connectivity index (χ2n) is 8.00. The molecule has 0 aromatic carbocycles. The highest BCUT2D eigenvalue weighted by Gasteiger charge is 2.39. The van der Waals surface area contributed by atoms with Crippen molar-refractivity contribution in [2.45, 2.75) is 66.4 Å². The summed E-state index contributed by atoms with van der Waals surface area (Å²) in [7, 11) is -4.51. The molecule has 2 N–H and O–H groups in total. The number of hydrogen-bond acceptors (Lipinski definition) is 2. The molecule has 0 spiro atoms. The molecule has 128 valence electrons. The lowest BCUT2D eigenvalue weighted by atomic mass is 9.77. The van der Waals surface area contributed by atoms with Gasteiger partial charge in [0.15, 0.2) is 0 Å². The zero-order valence-electron chi connectivity index (χ0n) is 14.7. The standard InChI is InChI=1S/C17H31O4P/c1-13(12-16(3,4)5)9-10-15-8-7-11-17(6,14(15)2)21-22(18,19)20/h7-8,11,13-14H,9-10,12H2,1-6H3,(H2,18,19,20). The Kier molecular flexibility index (Phi) is 6.25. The summed E-state index contributed by atoms with van der Waals surface area (Å²) in [6, 6.07) is 0. The van der Waals surface area contributed by atoms with E-state index in [2.05, 4.69) is 33.8 Å². The van der Waals surface area contributed by atoms with E-state index in [1.807, 2.05) is 13.0 Å². The van der Waals surface area contributed by atoms with Crippen LogP contribution in [-0.2, 0) is 9.09 Å². The monoisotopic (exact) mass is 330 g/mol. The van der Waals surface area contributed by atoms with Gasteiger partial charge in [-0.2, -0.15) is 0 Å². The van der Waals surface area contributed by atoms with Gasteiger partial charge in [-0.05, 0) is 37.5 Å². The van der Waals surface area contributed by atoms with Crippen LogP contribution in [0.3, 0.4) is 0 Å². The van der Waals surface area contributed by atoms with Crippen LogP contribution in [0.5, 0.6) is 0 Å². The van der Waals surface area contributed by atoms with Gasteiger partial charge in [-0.1, -0.05) is 58.4 Å². The lowest BCUT2D eigenvalue weighted by molar-refractivity contribution is 0.0544. The third-order valence-corrected chi connectivity index (χ3v) is 4.99. The summed E-state index contributed by atoms with van der Waals surface area (Å²) in [6.07, 6.45) is 8.81.